The Hall–Kier alpha value is -3.97. The Bertz CT molecular complexity index is 1330. The second-order valence-corrected chi connectivity index (χ2v) is 8.78. The number of hydrogen-bond acceptors (Lipinski definition) is 8. The van der Waals surface area contributed by atoms with Crippen LogP contribution in [-0.4, -0.2) is 57.3 Å². The molecule has 1 fully saturated rings. The van der Waals surface area contributed by atoms with Gasteiger partial charge in [0.2, 0.25) is 17.5 Å². The average molecular weight is 475 g/mol. The van der Waals surface area contributed by atoms with Crippen molar-refractivity contribution in [1.82, 2.24) is 19.4 Å². The minimum atomic E-state index is 0.0535. The van der Waals surface area contributed by atoms with Gasteiger partial charge >= 0.3 is 0 Å². The van der Waals surface area contributed by atoms with Crippen molar-refractivity contribution >= 4 is 23.6 Å². The van der Waals surface area contributed by atoms with Crippen molar-refractivity contribution in [1.29, 1.82) is 5.26 Å². The predicted octanol–water partition coefficient (Wildman–Crippen LogP) is 3.74. The molecule has 1 aliphatic rings. The molecule has 34 heavy (non-hydrogen) atoms. The number of rotatable bonds is 6. The Balaban J connectivity index is 1.19. The number of aryl methyl sites for hydroxylation is 1. The van der Waals surface area contributed by atoms with Gasteiger partial charge in [0.15, 0.2) is 10.9 Å². The first-order valence-electron chi connectivity index (χ1n) is 10.8. The van der Waals surface area contributed by atoms with Crippen LogP contribution >= 0.6 is 11.8 Å². The second kappa shape index (κ2) is 9.49. The van der Waals surface area contributed by atoms with E-state index in [1.807, 2.05) is 45.7 Å². The molecule has 0 unspecified atom stereocenters. The smallest absolute Gasteiger partial charge is 0.266 e. The molecule has 9 nitrogen and oxygen atoms in total. The lowest BCUT2D eigenvalue weighted by atomic mass is 10.2. The molecule has 0 aliphatic carbocycles. The van der Waals surface area contributed by atoms with E-state index in [-0.39, 0.29) is 17.5 Å². The van der Waals surface area contributed by atoms with Crippen molar-refractivity contribution in [3.8, 4) is 23.4 Å². The monoisotopic (exact) mass is 474 g/mol. The van der Waals surface area contributed by atoms with E-state index in [1.54, 1.807) is 18.3 Å². The maximum atomic E-state index is 12.9. The van der Waals surface area contributed by atoms with E-state index in [0.29, 0.717) is 43.6 Å². The number of oxazole rings is 1. The third kappa shape index (κ3) is 4.43. The van der Waals surface area contributed by atoms with Gasteiger partial charge in [0.05, 0.1) is 12.0 Å². The second-order valence-electron chi connectivity index (χ2n) is 7.84. The van der Waals surface area contributed by atoms with Crippen LogP contribution in [0.3, 0.4) is 0 Å². The molecule has 0 radical (unpaired) electrons. The largest absolute Gasteiger partial charge is 0.459 e. The number of carbonyl (C=O) groups is 1. The van der Waals surface area contributed by atoms with Gasteiger partial charge in [-0.15, -0.1) is 0 Å². The maximum absolute atomic E-state index is 12.9. The first-order chi connectivity index (χ1) is 16.6. The fourth-order valence-electron chi connectivity index (χ4n) is 3.85. The SMILES string of the molecule is Cc1cccc(-n2ccnc2SCC(=O)N2CCN(c3oc(-c4ccco4)nc3C#N)CC2)c1. The number of hydrogen-bond donors (Lipinski definition) is 0. The molecule has 1 aliphatic heterocycles. The standard InChI is InChI=1S/C24H22N6O3S/c1-17-4-2-5-18(14-17)30-8-7-26-24(30)34-16-21(31)28-9-11-29(12-10-28)23-19(15-25)27-22(33-23)20-6-3-13-32-20/h2-8,13-14H,9-12,16H2,1H3. The van der Waals surface area contributed by atoms with Crippen molar-refractivity contribution in [2.75, 3.05) is 36.8 Å². The molecule has 172 valence electrons. The van der Waals surface area contributed by atoms with Crippen molar-refractivity contribution in [3.05, 3.63) is 66.3 Å². The van der Waals surface area contributed by atoms with Crippen LogP contribution in [0.1, 0.15) is 11.3 Å². The Morgan fingerprint density at radius 1 is 1.21 bits per heavy atom. The topological polar surface area (TPSA) is 104 Å². The van der Waals surface area contributed by atoms with Gasteiger partial charge in [-0.3, -0.25) is 9.36 Å². The molecule has 0 N–H and O–H groups in total. The summed E-state index contributed by atoms with van der Waals surface area (Å²) in [5.74, 6) is 1.51. The number of aromatic nitrogens is 3. The lowest BCUT2D eigenvalue weighted by Crippen LogP contribution is -2.49. The number of piperazine rings is 1. The highest BCUT2D eigenvalue weighted by Crippen LogP contribution is 2.29. The van der Waals surface area contributed by atoms with Gasteiger partial charge in [-0.05, 0) is 36.8 Å². The quantitative estimate of drug-likeness (QED) is 0.389. The fraction of sp³-hybridized carbons (Fsp3) is 0.250. The number of anilines is 1. The van der Waals surface area contributed by atoms with Crippen LogP contribution in [0.25, 0.3) is 17.3 Å². The van der Waals surface area contributed by atoms with Crippen LogP contribution in [0.5, 0.6) is 0 Å². The van der Waals surface area contributed by atoms with Gasteiger partial charge in [0.1, 0.15) is 6.07 Å². The third-order valence-corrected chi connectivity index (χ3v) is 6.53. The van der Waals surface area contributed by atoms with E-state index in [4.69, 9.17) is 8.83 Å². The lowest BCUT2D eigenvalue weighted by Gasteiger charge is -2.34. The normalized spacial score (nSPS) is 13.8. The van der Waals surface area contributed by atoms with Crippen LogP contribution < -0.4 is 4.90 Å². The van der Waals surface area contributed by atoms with Crippen LogP contribution in [0.4, 0.5) is 5.88 Å². The van der Waals surface area contributed by atoms with E-state index < -0.39 is 0 Å². The number of thioether (sulfide) groups is 1. The molecule has 1 aromatic carbocycles. The highest BCUT2D eigenvalue weighted by molar-refractivity contribution is 7.99. The predicted molar refractivity (Wildman–Crippen MR) is 127 cm³/mol. The van der Waals surface area contributed by atoms with Crippen LogP contribution in [0.2, 0.25) is 0 Å². The summed E-state index contributed by atoms with van der Waals surface area (Å²) in [6, 6.07) is 13.7. The van der Waals surface area contributed by atoms with Crippen molar-refractivity contribution in [2.45, 2.75) is 12.1 Å². The summed E-state index contributed by atoms with van der Waals surface area (Å²) in [6.07, 6.45) is 5.18. The molecule has 0 saturated carbocycles. The molecule has 4 aromatic rings. The third-order valence-electron chi connectivity index (χ3n) is 5.58. The first-order valence-corrected chi connectivity index (χ1v) is 11.8. The molecule has 4 heterocycles. The first kappa shape index (κ1) is 21.9. The number of nitrogens with zero attached hydrogens (tertiary/aromatic N) is 6. The fourth-order valence-corrected chi connectivity index (χ4v) is 4.73. The molecule has 0 bridgehead atoms. The molecule has 1 amide bonds. The number of furan rings is 1. The van der Waals surface area contributed by atoms with Gasteiger partial charge in [-0.2, -0.15) is 10.2 Å². The van der Waals surface area contributed by atoms with Crippen LogP contribution in [0.15, 0.2) is 69.0 Å². The highest BCUT2D eigenvalue weighted by atomic mass is 32.2. The summed E-state index contributed by atoms with van der Waals surface area (Å²) in [4.78, 5) is 25.3. The minimum Gasteiger partial charge on any atom is -0.459 e. The lowest BCUT2D eigenvalue weighted by molar-refractivity contribution is -0.128. The van der Waals surface area contributed by atoms with Gasteiger partial charge in [-0.1, -0.05) is 23.9 Å². The number of nitriles is 1. The van der Waals surface area contributed by atoms with E-state index in [0.717, 1.165) is 10.8 Å². The van der Waals surface area contributed by atoms with Crippen LogP contribution in [0, 0.1) is 18.3 Å². The van der Waals surface area contributed by atoms with Gasteiger partial charge < -0.3 is 18.6 Å². The number of benzene rings is 1. The zero-order valence-corrected chi connectivity index (χ0v) is 19.4. The summed E-state index contributed by atoms with van der Waals surface area (Å²) in [5, 5.41) is 10.3. The Morgan fingerprint density at radius 3 is 2.79 bits per heavy atom. The zero-order chi connectivity index (χ0) is 23.5. The summed E-state index contributed by atoms with van der Waals surface area (Å²) >= 11 is 1.43. The molecule has 1 saturated heterocycles. The van der Waals surface area contributed by atoms with Gasteiger partial charge in [0.25, 0.3) is 5.89 Å². The molecular weight excluding hydrogens is 452 g/mol. The van der Waals surface area contributed by atoms with Gasteiger partial charge in [0, 0.05) is 44.3 Å². The Morgan fingerprint density at radius 2 is 2.06 bits per heavy atom. The molecule has 0 spiro atoms. The van der Waals surface area contributed by atoms with E-state index in [1.165, 1.54) is 23.6 Å². The number of carbonyl (C=O) groups excluding carboxylic acids is 1. The Labute approximate surface area is 200 Å². The number of amides is 1. The van der Waals surface area contributed by atoms with E-state index >= 15 is 0 Å². The Kier molecular flexibility index (Phi) is 6.10. The molecule has 10 heteroatoms. The van der Waals surface area contributed by atoms with Gasteiger partial charge in [-0.25, -0.2) is 4.98 Å². The maximum Gasteiger partial charge on any atom is 0.266 e. The van der Waals surface area contributed by atoms with Crippen molar-refractivity contribution < 1.29 is 13.6 Å². The van der Waals surface area contributed by atoms with Crippen molar-refractivity contribution in [2.24, 2.45) is 0 Å². The average Bonchev–Trinajstić information content (AvgIpc) is 3.63. The molecular formula is C24H22N6O3S. The summed E-state index contributed by atoms with van der Waals surface area (Å²) in [7, 11) is 0. The molecule has 3 aromatic heterocycles. The van der Waals surface area contributed by atoms with Crippen LogP contribution in [-0.2, 0) is 4.79 Å². The summed E-state index contributed by atoms with van der Waals surface area (Å²) < 4.78 is 13.1. The summed E-state index contributed by atoms with van der Waals surface area (Å²) in [6.45, 7) is 4.22. The van der Waals surface area contributed by atoms with E-state index in [2.05, 4.69) is 22.1 Å². The minimum absolute atomic E-state index is 0.0535. The zero-order valence-electron chi connectivity index (χ0n) is 18.5. The number of imidazole rings is 1. The molecule has 5 rings (SSSR count). The van der Waals surface area contributed by atoms with Crippen molar-refractivity contribution in [3.63, 3.8) is 0 Å². The highest BCUT2D eigenvalue weighted by Gasteiger charge is 2.27. The summed E-state index contributed by atoms with van der Waals surface area (Å²) in [5.41, 5.74) is 2.40. The van der Waals surface area contributed by atoms with E-state index in [9.17, 15) is 10.1 Å². The molecule has 0 atom stereocenters.